The fraction of sp³-hybridized carbons (Fsp3) is 0.571. The van der Waals surface area contributed by atoms with Crippen molar-refractivity contribution >= 4 is 45.9 Å². The summed E-state index contributed by atoms with van der Waals surface area (Å²) in [7, 11) is 4.17. The first-order valence-electron chi connectivity index (χ1n) is 7.46. The highest BCUT2D eigenvalue weighted by molar-refractivity contribution is 7.98. The molecule has 0 aromatic carbocycles. The summed E-state index contributed by atoms with van der Waals surface area (Å²) in [5.41, 5.74) is 0. The average Bonchev–Trinajstić information content (AvgIpc) is 3.05. The molecule has 0 radical (unpaired) electrons. The molecule has 2 heterocycles. The molecule has 23 heavy (non-hydrogen) atoms. The van der Waals surface area contributed by atoms with Crippen molar-refractivity contribution in [3.63, 3.8) is 0 Å². The van der Waals surface area contributed by atoms with Crippen LogP contribution in [0.25, 0.3) is 0 Å². The summed E-state index contributed by atoms with van der Waals surface area (Å²) in [6.07, 6.45) is 0. The maximum Gasteiger partial charge on any atom is 0.232 e. The number of thiophene rings is 1. The predicted octanol–water partition coefficient (Wildman–Crippen LogP) is 3.10. The van der Waals surface area contributed by atoms with Crippen LogP contribution in [0, 0.1) is 0 Å². The Kier molecular flexibility index (Phi) is 7.57. The van der Waals surface area contributed by atoms with Gasteiger partial charge >= 0.3 is 0 Å². The van der Waals surface area contributed by atoms with Gasteiger partial charge in [0.05, 0.1) is 0 Å². The Morgan fingerprint density at radius 2 is 1.91 bits per heavy atom. The number of nitrogens with one attached hydrogen (secondary N) is 2. The van der Waals surface area contributed by atoms with E-state index >= 15 is 0 Å². The molecule has 128 valence electrons. The number of thioether (sulfide) groups is 1. The van der Waals surface area contributed by atoms with Crippen molar-refractivity contribution in [3.05, 3.63) is 21.9 Å². The third kappa shape index (κ3) is 6.27. The van der Waals surface area contributed by atoms with Crippen LogP contribution in [0.5, 0.6) is 0 Å². The van der Waals surface area contributed by atoms with E-state index in [-0.39, 0.29) is 0 Å². The minimum Gasteiger partial charge on any atom is -0.546 e. The van der Waals surface area contributed by atoms with Crippen LogP contribution in [0.1, 0.15) is 16.7 Å². The molecule has 0 saturated heterocycles. The molecule has 0 bridgehead atoms. The SMILES string of the molecule is CCNc1n[s+]([O-])nc1NCCSCc1ccc(CN(C)C)s1. The van der Waals surface area contributed by atoms with Crippen molar-refractivity contribution in [2.24, 2.45) is 0 Å². The van der Waals surface area contributed by atoms with Crippen molar-refractivity contribution in [2.75, 3.05) is 43.6 Å². The van der Waals surface area contributed by atoms with Crippen molar-refractivity contribution in [3.8, 4) is 0 Å². The number of hydrogen-bond donors (Lipinski definition) is 2. The van der Waals surface area contributed by atoms with Crippen LogP contribution in [-0.4, -0.2) is 51.1 Å². The zero-order chi connectivity index (χ0) is 16.7. The lowest BCUT2D eigenvalue weighted by Gasteiger charge is -2.06. The molecule has 0 saturated carbocycles. The molecule has 0 fully saturated rings. The maximum atomic E-state index is 11.3. The van der Waals surface area contributed by atoms with Crippen LogP contribution in [0.3, 0.4) is 0 Å². The number of anilines is 2. The molecule has 2 rings (SSSR count). The quantitative estimate of drug-likeness (QED) is 0.489. The number of rotatable bonds is 10. The van der Waals surface area contributed by atoms with Gasteiger partial charge in [0.25, 0.3) is 0 Å². The van der Waals surface area contributed by atoms with Gasteiger partial charge < -0.3 is 20.1 Å². The summed E-state index contributed by atoms with van der Waals surface area (Å²) in [6.45, 7) is 4.49. The molecular formula is C14H23N5OS3. The van der Waals surface area contributed by atoms with E-state index in [2.05, 4.69) is 50.5 Å². The predicted molar refractivity (Wildman–Crippen MR) is 101 cm³/mol. The fourth-order valence-electron chi connectivity index (χ4n) is 1.97. The van der Waals surface area contributed by atoms with E-state index < -0.39 is 11.1 Å². The Labute approximate surface area is 148 Å². The summed E-state index contributed by atoms with van der Waals surface area (Å²) >= 11 is 2.27. The molecule has 0 spiro atoms. The van der Waals surface area contributed by atoms with Gasteiger partial charge in [-0.2, -0.15) is 11.8 Å². The minimum atomic E-state index is -1.48. The van der Waals surface area contributed by atoms with Gasteiger partial charge in [-0.05, 0) is 33.2 Å². The van der Waals surface area contributed by atoms with Crippen LogP contribution in [-0.2, 0) is 12.3 Å². The zero-order valence-electron chi connectivity index (χ0n) is 13.7. The van der Waals surface area contributed by atoms with Gasteiger partial charge in [-0.1, -0.05) is 0 Å². The van der Waals surface area contributed by atoms with Gasteiger partial charge in [0.2, 0.25) is 11.6 Å². The first-order chi connectivity index (χ1) is 11.1. The second-order valence-electron chi connectivity index (χ2n) is 5.23. The van der Waals surface area contributed by atoms with Crippen LogP contribution >= 0.6 is 34.2 Å². The van der Waals surface area contributed by atoms with Crippen LogP contribution < -0.4 is 10.6 Å². The third-order valence-corrected chi connectivity index (χ3v) is 5.82. The van der Waals surface area contributed by atoms with E-state index in [1.54, 1.807) is 0 Å². The first-order valence-corrected chi connectivity index (χ1v) is 10.5. The van der Waals surface area contributed by atoms with E-state index in [1.165, 1.54) is 9.75 Å². The van der Waals surface area contributed by atoms with Gasteiger partial charge in [-0.15, -0.1) is 11.3 Å². The largest absolute Gasteiger partial charge is 0.546 e. The Morgan fingerprint density at radius 3 is 2.61 bits per heavy atom. The van der Waals surface area contributed by atoms with Crippen molar-refractivity contribution < 1.29 is 4.55 Å². The first kappa shape index (κ1) is 18.5. The lowest BCUT2D eigenvalue weighted by Crippen LogP contribution is -2.09. The summed E-state index contributed by atoms with van der Waals surface area (Å²) in [5.74, 6) is 3.19. The Bertz CT molecular complexity index is 599. The standard InChI is InChI=1S/C14H23N5OS3/c1-4-15-13-14(18-23(20)17-13)16-7-8-21-10-12-6-5-11(22-12)9-19(2)3/h5-6H,4,7-10H2,1-3H3,(H,15,17)(H,16,18). The summed E-state index contributed by atoms with van der Waals surface area (Å²) in [4.78, 5) is 4.99. The highest BCUT2D eigenvalue weighted by Crippen LogP contribution is 2.24. The van der Waals surface area contributed by atoms with Crippen LogP contribution in [0.2, 0.25) is 0 Å². The molecule has 2 aromatic heterocycles. The van der Waals surface area contributed by atoms with Crippen molar-refractivity contribution in [2.45, 2.75) is 19.2 Å². The smallest absolute Gasteiger partial charge is 0.232 e. The second kappa shape index (κ2) is 9.43. The highest BCUT2D eigenvalue weighted by Gasteiger charge is 2.13. The molecule has 2 N–H and O–H groups in total. The molecule has 0 amide bonds. The monoisotopic (exact) mass is 373 g/mol. The van der Waals surface area contributed by atoms with E-state index in [0.29, 0.717) is 11.6 Å². The summed E-state index contributed by atoms with van der Waals surface area (Å²) < 4.78 is 19.2. The maximum absolute atomic E-state index is 11.3. The third-order valence-electron chi connectivity index (χ3n) is 2.88. The van der Waals surface area contributed by atoms with Gasteiger partial charge in [-0.25, -0.2) is 0 Å². The molecule has 1 unspecified atom stereocenters. The summed E-state index contributed by atoms with van der Waals surface area (Å²) in [5, 5.41) is 6.27. The molecule has 0 aliphatic carbocycles. The lowest BCUT2D eigenvalue weighted by molar-refractivity contribution is 0.406. The zero-order valence-corrected chi connectivity index (χ0v) is 16.1. The van der Waals surface area contributed by atoms with E-state index in [1.807, 2.05) is 30.0 Å². The Balaban J connectivity index is 1.68. The molecule has 9 heteroatoms. The van der Waals surface area contributed by atoms with Gasteiger partial charge in [-0.3, -0.25) is 0 Å². The highest BCUT2D eigenvalue weighted by atomic mass is 32.2. The average molecular weight is 374 g/mol. The Morgan fingerprint density at radius 1 is 1.22 bits per heavy atom. The lowest BCUT2D eigenvalue weighted by atomic mass is 10.4. The van der Waals surface area contributed by atoms with Gasteiger partial charge in [0.1, 0.15) is 0 Å². The van der Waals surface area contributed by atoms with E-state index in [4.69, 9.17) is 0 Å². The van der Waals surface area contributed by atoms with E-state index in [0.717, 1.165) is 31.1 Å². The normalized spacial score (nSPS) is 12.0. The fourth-order valence-corrected chi connectivity index (χ4v) is 4.73. The minimum absolute atomic E-state index is 0.599. The topological polar surface area (TPSA) is 76.1 Å². The second-order valence-corrected chi connectivity index (χ2v) is 8.41. The molecule has 0 aliphatic heterocycles. The summed E-state index contributed by atoms with van der Waals surface area (Å²) in [6, 6.07) is 4.42. The van der Waals surface area contributed by atoms with Gasteiger partial charge in [0.15, 0.2) is 11.1 Å². The Hall–Kier alpha value is -0.870. The number of aromatic nitrogens is 2. The van der Waals surface area contributed by atoms with Crippen molar-refractivity contribution in [1.29, 1.82) is 0 Å². The molecule has 0 aliphatic rings. The molecular weight excluding hydrogens is 350 g/mol. The van der Waals surface area contributed by atoms with Crippen LogP contribution in [0.15, 0.2) is 12.1 Å². The van der Waals surface area contributed by atoms with E-state index in [9.17, 15) is 4.55 Å². The molecule has 2 aromatic rings. The molecule has 6 nitrogen and oxygen atoms in total. The van der Waals surface area contributed by atoms with Crippen LogP contribution in [0.4, 0.5) is 11.6 Å². The van der Waals surface area contributed by atoms with Gasteiger partial charge in [0, 0.05) is 49.6 Å². The molecule has 1 atom stereocenters. The number of nitrogens with zero attached hydrogens (tertiary/aromatic N) is 3. The number of hydrogen-bond acceptors (Lipinski definition) is 8. The van der Waals surface area contributed by atoms with Crippen molar-refractivity contribution in [1.82, 2.24) is 13.6 Å².